The van der Waals surface area contributed by atoms with Gasteiger partial charge in [0.1, 0.15) is 10.5 Å². The standard InChI is InChI=1S/C16H15N5O3S3/c1-2-21-12-4-3-9(27(17,23)24)7-11(12)19-16(21)26-8-13-18-10-5-6-25-14(10)15(22)20-13/h3-7H,2,8H2,1H3,(H2,17,23,24)(H,18,20,22). The fourth-order valence-electron chi connectivity index (χ4n) is 2.80. The maximum absolute atomic E-state index is 12.1. The third-order valence-electron chi connectivity index (χ3n) is 4.03. The lowest BCUT2D eigenvalue weighted by Gasteiger charge is -2.05. The van der Waals surface area contributed by atoms with Gasteiger partial charge in [0.25, 0.3) is 5.56 Å². The first-order valence-electron chi connectivity index (χ1n) is 7.99. The van der Waals surface area contributed by atoms with Gasteiger partial charge in [0.05, 0.1) is 27.2 Å². The highest BCUT2D eigenvalue weighted by Gasteiger charge is 2.15. The molecule has 0 spiro atoms. The first-order valence-corrected chi connectivity index (χ1v) is 11.4. The molecule has 0 aliphatic rings. The van der Waals surface area contributed by atoms with Gasteiger partial charge in [0.2, 0.25) is 10.0 Å². The van der Waals surface area contributed by atoms with Gasteiger partial charge in [0, 0.05) is 6.54 Å². The number of thioether (sulfide) groups is 1. The van der Waals surface area contributed by atoms with Crippen molar-refractivity contribution in [1.82, 2.24) is 19.5 Å². The smallest absolute Gasteiger partial charge is 0.268 e. The lowest BCUT2D eigenvalue weighted by molar-refractivity contribution is 0.598. The number of sulfonamides is 1. The number of hydrogen-bond donors (Lipinski definition) is 2. The van der Waals surface area contributed by atoms with E-state index in [-0.39, 0.29) is 10.5 Å². The van der Waals surface area contributed by atoms with Crippen molar-refractivity contribution < 1.29 is 8.42 Å². The van der Waals surface area contributed by atoms with Gasteiger partial charge in [-0.25, -0.2) is 23.5 Å². The van der Waals surface area contributed by atoms with E-state index in [2.05, 4.69) is 15.0 Å². The number of nitrogens with one attached hydrogen (secondary N) is 1. The van der Waals surface area contributed by atoms with E-state index in [9.17, 15) is 13.2 Å². The zero-order valence-electron chi connectivity index (χ0n) is 14.2. The summed E-state index contributed by atoms with van der Waals surface area (Å²) in [6, 6.07) is 6.47. The van der Waals surface area contributed by atoms with E-state index >= 15 is 0 Å². The maximum atomic E-state index is 12.1. The first kappa shape index (κ1) is 18.2. The summed E-state index contributed by atoms with van der Waals surface area (Å²) in [5.74, 6) is 1.00. The molecular formula is C16H15N5O3S3. The van der Waals surface area contributed by atoms with Gasteiger partial charge >= 0.3 is 0 Å². The SMILES string of the molecule is CCn1c(SCc2nc3ccsc3c(=O)[nH]2)nc2cc(S(N)(=O)=O)ccc21. The third-order valence-corrected chi connectivity index (χ3v) is 6.83. The molecule has 4 aromatic rings. The molecule has 0 fully saturated rings. The average molecular weight is 422 g/mol. The Morgan fingerprint density at radius 3 is 2.81 bits per heavy atom. The van der Waals surface area contributed by atoms with E-state index in [0.29, 0.717) is 39.0 Å². The van der Waals surface area contributed by atoms with Crippen LogP contribution in [0.4, 0.5) is 0 Å². The summed E-state index contributed by atoms with van der Waals surface area (Å²) >= 11 is 2.79. The predicted molar refractivity (Wildman–Crippen MR) is 107 cm³/mol. The Bertz CT molecular complexity index is 1320. The van der Waals surface area contributed by atoms with Gasteiger partial charge in [-0.15, -0.1) is 11.3 Å². The van der Waals surface area contributed by atoms with E-state index in [1.807, 2.05) is 22.9 Å². The number of thiophene rings is 1. The zero-order valence-corrected chi connectivity index (χ0v) is 16.6. The molecule has 3 heterocycles. The fraction of sp³-hybridized carbons (Fsp3) is 0.188. The number of benzene rings is 1. The largest absolute Gasteiger partial charge is 0.319 e. The van der Waals surface area contributed by atoms with Crippen LogP contribution in [0.5, 0.6) is 0 Å². The number of primary sulfonamides is 1. The summed E-state index contributed by atoms with van der Waals surface area (Å²) in [5.41, 5.74) is 1.91. The van der Waals surface area contributed by atoms with Crippen LogP contribution in [0, 0.1) is 0 Å². The molecule has 0 aliphatic carbocycles. The van der Waals surface area contributed by atoms with Crippen LogP contribution < -0.4 is 10.7 Å². The van der Waals surface area contributed by atoms with E-state index in [4.69, 9.17) is 5.14 Å². The van der Waals surface area contributed by atoms with Crippen LogP contribution in [0.15, 0.2) is 44.5 Å². The molecule has 3 N–H and O–H groups in total. The van der Waals surface area contributed by atoms with Crippen LogP contribution in [0.2, 0.25) is 0 Å². The molecule has 0 bridgehead atoms. The molecule has 0 saturated carbocycles. The minimum atomic E-state index is -3.78. The van der Waals surface area contributed by atoms with E-state index in [1.54, 1.807) is 6.07 Å². The molecule has 0 amide bonds. The molecule has 8 nitrogen and oxygen atoms in total. The Morgan fingerprint density at radius 1 is 1.26 bits per heavy atom. The minimum absolute atomic E-state index is 0.0289. The average Bonchev–Trinajstić information content (AvgIpc) is 3.22. The van der Waals surface area contributed by atoms with Gasteiger partial charge in [0.15, 0.2) is 5.16 Å². The van der Waals surface area contributed by atoms with Crippen molar-refractivity contribution in [1.29, 1.82) is 0 Å². The van der Waals surface area contributed by atoms with Crippen molar-refractivity contribution in [3.05, 3.63) is 45.8 Å². The Kier molecular flexibility index (Phi) is 4.54. The van der Waals surface area contributed by atoms with E-state index < -0.39 is 10.0 Å². The molecule has 0 unspecified atom stereocenters. The van der Waals surface area contributed by atoms with Crippen LogP contribution >= 0.6 is 23.1 Å². The van der Waals surface area contributed by atoms with Crippen LogP contribution in [-0.4, -0.2) is 27.9 Å². The molecule has 0 saturated heterocycles. The van der Waals surface area contributed by atoms with Crippen molar-refractivity contribution in [3.63, 3.8) is 0 Å². The number of nitrogens with two attached hydrogens (primary N) is 1. The van der Waals surface area contributed by atoms with Crippen molar-refractivity contribution in [2.75, 3.05) is 0 Å². The maximum Gasteiger partial charge on any atom is 0.268 e. The summed E-state index contributed by atoms with van der Waals surface area (Å²) in [6.07, 6.45) is 0. The minimum Gasteiger partial charge on any atom is -0.319 e. The monoisotopic (exact) mass is 421 g/mol. The number of hydrogen-bond acceptors (Lipinski definition) is 7. The molecule has 11 heteroatoms. The zero-order chi connectivity index (χ0) is 19.2. The fourth-order valence-corrected chi connectivity index (χ4v) is 5.01. The lowest BCUT2D eigenvalue weighted by Crippen LogP contribution is -2.11. The van der Waals surface area contributed by atoms with Gasteiger partial charge in [-0.2, -0.15) is 0 Å². The Balaban J connectivity index is 1.69. The number of aromatic nitrogens is 4. The summed E-state index contributed by atoms with van der Waals surface area (Å²) in [5, 5.41) is 7.75. The van der Waals surface area contributed by atoms with Crippen molar-refractivity contribution >= 4 is 54.4 Å². The number of fused-ring (bicyclic) bond motifs is 2. The third kappa shape index (κ3) is 3.38. The van der Waals surface area contributed by atoms with Crippen LogP contribution in [0.1, 0.15) is 12.7 Å². The summed E-state index contributed by atoms with van der Waals surface area (Å²) in [7, 11) is -3.78. The second-order valence-electron chi connectivity index (χ2n) is 5.77. The Labute approximate surface area is 162 Å². The number of aryl methyl sites for hydroxylation is 1. The molecule has 0 aliphatic heterocycles. The van der Waals surface area contributed by atoms with Crippen LogP contribution in [0.3, 0.4) is 0 Å². The topological polar surface area (TPSA) is 124 Å². The number of nitrogens with zero attached hydrogens (tertiary/aromatic N) is 3. The van der Waals surface area contributed by atoms with Gasteiger partial charge < -0.3 is 9.55 Å². The van der Waals surface area contributed by atoms with E-state index in [1.165, 1.54) is 35.2 Å². The molecule has 0 atom stereocenters. The van der Waals surface area contributed by atoms with Gasteiger partial charge in [-0.1, -0.05) is 11.8 Å². The number of rotatable bonds is 5. The van der Waals surface area contributed by atoms with Crippen LogP contribution in [-0.2, 0) is 22.3 Å². The highest BCUT2D eigenvalue weighted by molar-refractivity contribution is 7.98. The normalized spacial score (nSPS) is 12.2. The molecular weight excluding hydrogens is 406 g/mol. The Morgan fingerprint density at radius 2 is 2.07 bits per heavy atom. The van der Waals surface area contributed by atoms with E-state index in [0.717, 1.165) is 5.52 Å². The van der Waals surface area contributed by atoms with Crippen LogP contribution in [0.25, 0.3) is 21.3 Å². The molecule has 3 aromatic heterocycles. The summed E-state index contributed by atoms with van der Waals surface area (Å²) in [6.45, 7) is 2.65. The highest BCUT2D eigenvalue weighted by atomic mass is 32.2. The molecule has 140 valence electrons. The number of imidazole rings is 1. The number of aromatic amines is 1. The highest BCUT2D eigenvalue weighted by Crippen LogP contribution is 2.27. The number of H-pyrrole nitrogens is 1. The molecule has 0 radical (unpaired) electrons. The van der Waals surface area contributed by atoms with Crippen molar-refractivity contribution in [2.24, 2.45) is 5.14 Å². The molecule has 1 aromatic carbocycles. The Hall–Kier alpha value is -2.21. The summed E-state index contributed by atoms with van der Waals surface area (Å²) < 4.78 is 25.7. The first-order chi connectivity index (χ1) is 12.9. The lowest BCUT2D eigenvalue weighted by atomic mass is 10.3. The second kappa shape index (κ2) is 6.75. The van der Waals surface area contributed by atoms with Crippen molar-refractivity contribution in [2.45, 2.75) is 29.3 Å². The predicted octanol–water partition coefficient (Wildman–Crippen LogP) is 2.29. The van der Waals surface area contributed by atoms with Gasteiger partial charge in [-0.05, 0) is 36.6 Å². The quantitative estimate of drug-likeness (QED) is 0.477. The van der Waals surface area contributed by atoms with Crippen molar-refractivity contribution in [3.8, 4) is 0 Å². The second-order valence-corrected chi connectivity index (χ2v) is 9.19. The molecule has 27 heavy (non-hydrogen) atoms. The van der Waals surface area contributed by atoms with Gasteiger partial charge in [-0.3, -0.25) is 4.79 Å². The summed E-state index contributed by atoms with van der Waals surface area (Å²) in [4.78, 5) is 23.9. The molecule has 4 rings (SSSR count).